The molecule has 0 heterocycles. The molecule has 0 atom stereocenters. The second kappa shape index (κ2) is 4.03. The molecule has 1 saturated carbocycles. The van der Waals surface area contributed by atoms with E-state index in [0.29, 0.717) is 18.4 Å². The van der Waals surface area contributed by atoms with Gasteiger partial charge >= 0.3 is 0 Å². The molecule has 0 aromatic heterocycles. The van der Waals surface area contributed by atoms with E-state index in [4.69, 9.17) is 10.9 Å². The van der Waals surface area contributed by atoms with Gasteiger partial charge in [-0.25, -0.2) is 13.6 Å². The summed E-state index contributed by atoms with van der Waals surface area (Å²) in [6, 6.07) is 0. The average Bonchev–Trinajstić information content (AvgIpc) is 1.97. The fraction of sp³-hybridized carbons (Fsp3) is 1.00. The summed E-state index contributed by atoms with van der Waals surface area (Å²) < 4.78 is 21.6. The lowest BCUT2D eigenvalue weighted by Crippen LogP contribution is -2.48. The molecule has 1 aliphatic rings. The summed E-state index contributed by atoms with van der Waals surface area (Å²) in [4.78, 5) is 0. The van der Waals surface area contributed by atoms with Crippen molar-refractivity contribution in [3.05, 3.63) is 0 Å². The maximum Gasteiger partial charge on any atom is 0.209 e. The third kappa shape index (κ3) is 3.74. The second-order valence-corrected chi connectivity index (χ2v) is 7.43. The molecule has 0 radical (unpaired) electrons. The van der Waals surface area contributed by atoms with Gasteiger partial charge in [0.05, 0.1) is 5.75 Å². The van der Waals surface area contributed by atoms with Crippen LogP contribution >= 0.6 is 0 Å². The highest BCUT2D eigenvalue weighted by molar-refractivity contribution is 7.89. The minimum atomic E-state index is -3.31. The lowest BCUT2D eigenvalue weighted by Gasteiger charge is -2.53. The summed E-state index contributed by atoms with van der Waals surface area (Å²) in [6.07, 6.45) is 3.71. The Labute approximate surface area is 92.5 Å². The Hall–Kier alpha value is -0.130. The van der Waals surface area contributed by atoms with Crippen LogP contribution in [0.3, 0.4) is 0 Å². The third-order valence-corrected chi connectivity index (χ3v) is 4.13. The van der Waals surface area contributed by atoms with Gasteiger partial charge in [0.2, 0.25) is 10.0 Å². The van der Waals surface area contributed by atoms with Crippen LogP contribution in [0.4, 0.5) is 0 Å². The predicted molar refractivity (Wildman–Crippen MR) is 61.7 cm³/mol. The lowest BCUT2D eigenvalue weighted by atomic mass is 9.53. The minimum Gasteiger partial charge on any atom is -0.330 e. The quantitative estimate of drug-likeness (QED) is 0.738. The Morgan fingerprint density at radius 1 is 1.27 bits per heavy atom. The fourth-order valence-electron chi connectivity index (χ4n) is 3.05. The van der Waals surface area contributed by atoms with E-state index < -0.39 is 10.0 Å². The first kappa shape index (κ1) is 12.9. The van der Waals surface area contributed by atoms with Gasteiger partial charge in [-0.3, -0.25) is 0 Å². The van der Waals surface area contributed by atoms with Crippen LogP contribution < -0.4 is 10.9 Å². The Morgan fingerprint density at radius 2 is 1.80 bits per heavy atom. The van der Waals surface area contributed by atoms with E-state index >= 15 is 0 Å². The van der Waals surface area contributed by atoms with E-state index in [2.05, 4.69) is 13.8 Å². The number of hydrogen-bond donors (Lipinski definition) is 2. The molecule has 0 aromatic rings. The molecule has 0 bridgehead atoms. The molecule has 1 aliphatic carbocycles. The lowest BCUT2D eigenvalue weighted by molar-refractivity contribution is -0.0127. The molecule has 0 saturated heterocycles. The minimum absolute atomic E-state index is 0.0786. The maximum atomic E-state index is 10.8. The molecule has 0 unspecified atom stereocenters. The van der Waals surface area contributed by atoms with Gasteiger partial charge in [0.25, 0.3) is 0 Å². The zero-order valence-electron chi connectivity index (χ0n) is 9.62. The van der Waals surface area contributed by atoms with Crippen molar-refractivity contribution in [1.29, 1.82) is 0 Å². The van der Waals surface area contributed by atoms with Gasteiger partial charge < -0.3 is 5.73 Å². The van der Waals surface area contributed by atoms with Crippen molar-refractivity contribution in [1.82, 2.24) is 0 Å². The average molecular weight is 234 g/mol. The van der Waals surface area contributed by atoms with Crippen LogP contribution in [0.25, 0.3) is 0 Å². The van der Waals surface area contributed by atoms with Crippen molar-refractivity contribution in [2.24, 2.45) is 21.7 Å². The first-order chi connectivity index (χ1) is 6.68. The first-order valence-corrected chi connectivity index (χ1v) is 7.10. The van der Waals surface area contributed by atoms with Gasteiger partial charge in [0.1, 0.15) is 0 Å². The molecule has 0 aliphatic heterocycles. The molecule has 90 valence electrons. The molecule has 0 spiro atoms. The zero-order valence-corrected chi connectivity index (χ0v) is 10.4. The Balaban J connectivity index is 2.38. The van der Waals surface area contributed by atoms with Crippen LogP contribution in [-0.4, -0.2) is 20.7 Å². The highest BCUT2D eigenvalue weighted by atomic mass is 32.2. The number of rotatable bonds is 5. The predicted octanol–water partition coefficient (Wildman–Crippen LogP) is 0.820. The van der Waals surface area contributed by atoms with Gasteiger partial charge in [-0.1, -0.05) is 13.8 Å². The monoisotopic (exact) mass is 234 g/mol. The van der Waals surface area contributed by atoms with Crippen LogP contribution in [-0.2, 0) is 10.0 Å². The van der Waals surface area contributed by atoms with Crippen molar-refractivity contribution in [3.8, 4) is 0 Å². The summed E-state index contributed by atoms with van der Waals surface area (Å²) in [5.74, 6) is 0.0786. The molecule has 1 rings (SSSR count). The second-order valence-electron chi connectivity index (χ2n) is 5.69. The summed E-state index contributed by atoms with van der Waals surface area (Å²) in [7, 11) is -3.31. The van der Waals surface area contributed by atoms with Gasteiger partial charge in [-0.05, 0) is 43.1 Å². The summed E-state index contributed by atoms with van der Waals surface area (Å²) in [5.41, 5.74) is 6.31. The van der Waals surface area contributed by atoms with Gasteiger partial charge in [-0.15, -0.1) is 0 Å². The summed E-state index contributed by atoms with van der Waals surface area (Å²) in [6.45, 7) is 5.10. The molecule has 0 aromatic carbocycles. The Bertz CT molecular complexity index is 314. The highest BCUT2D eigenvalue weighted by Crippen LogP contribution is 2.55. The number of sulfonamides is 1. The standard InChI is InChI=1S/C10H22N2O2S/c1-9(2)6-10(7-9,8-11)4-3-5-15(12,13)14/h3-8,11H2,1-2H3,(H2,12,13,14). The largest absolute Gasteiger partial charge is 0.330 e. The van der Waals surface area contributed by atoms with E-state index in [1.54, 1.807) is 0 Å². The number of hydrogen-bond acceptors (Lipinski definition) is 3. The molecule has 1 fully saturated rings. The van der Waals surface area contributed by atoms with E-state index in [9.17, 15) is 8.42 Å². The number of nitrogens with two attached hydrogens (primary N) is 2. The summed E-state index contributed by atoms with van der Waals surface area (Å²) in [5, 5.41) is 4.96. The normalized spacial score (nSPS) is 23.5. The van der Waals surface area contributed by atoms with E-state index in [1.807, 2.05) is 0 Å². The van der Waals surface area contributed by atoms with Crippen molar-refractivity contribution < 1.29 is 8.42 Å². The maximum absolute atomic E-state index is 10.8. The molecular weight excluding hydrogens is 212 g/mol. The van der Waals surface area contributed by atoms with Gasteiger partial charge in [-0.2, -0.15) is 0 Å². The fourth-order valence-corrected chi connectivity index (χ4v) is 3.60. The first-order valence-electron chi connectivity index (χ1n) is 5.39. The van der Waals surface area contributed by atoms with E-state index in [1.165, 1.54) is 0 Å². The summed E-state index contributed by atoms with van der Waals surface area (Å²) >= 11 is 0. The van der Waals surface area contributed by atoms with Crippen LogP contribution in [0, 0.1) is 10.8 Å². The van der Waals surface area contributed by atoms with Crippen molar-refractivity contribution in [3.63, 3.8) is 0 Å². The SMILES string of the molecule is CC1(C)CC(CN)(CCCS(N)(=O)=O)C1. The molecule has 15 heavy (non-hydrogen) atoms. The van der Waals surface area contributed by atoms with E-state index in [-0.39, 0.29) is 11.2 Å². The van der Waals surface area contributed by atoms with Crippen LogP contribution in [0.15, 0.2) is 0 Å². The Kier molecular flexibility index (Phi) is 3.48. The highest BCUT2D eigenvalue weighted by Gasteiger charge is 2.47. The van der Waals surface area contributed by atoms with Gasteiger partial charge in [0.15, 0.2) is 0 Å². The molecule has 5 heteroatoms. The molecule has 4 N–H and O–H groups in total. The van der Waals surface area contributed by atoms with Crippen LogP contribution in [0.1, 0.15) is 39.5 Å². The van der Waals surface area contributed by atoms with Gasteiger partial charge in [0, 0.05) is 0 Å². The smallest absolute Gasteiger partial charge is 0.209 e. The number of primary sulfonamides is 1. The van der Waals surface area contributed by atoms with Crippen LogP contribution in [0.5, 0.6) is 0 Å². The van der Waals surface area contributed by atoms with Crippen molar-refractivity contribution in [2.75, 3.05) is 12.3 Å². The third-order valence-electron chi connectivity index (χ3n) is 3.28. The molecular formula is C10H22N2O2S. The molecule has 4 nitrogen and oxygen atoms in total. The topological polar surface area (TPSA) is 86.2 Å². The zero-order chi connectivity index (χ0) is 11.7. The van der Waals surface area contributed by atoms with Crippen molar-refractivity contribution in [2.45, 2.75) is 39.5 Å². The molecule has 0 amide bonds. The Morgan fingerprint density at radius 3 is 2.13 bits per heavy atom. The van der Waals surface area contributed by atoms with E-state index in [0.717, 1.165) is 19.3 Å². The van der Waals surface area contributed by atoms with Crippen LogP contribution in [0.2, 0.25) is 0 Å². The van der Waals surface area contributed by atoms with Crippen molar-refractivity contribution >= 4 is 10.0 Å².